The van der Waals surface area contributed by atoms with Gasteiger partial charge in [0.05, 0.1) is 18.3 Å². The largest absolute Gasteiger partial charge is 0.382 e. The molecular weight excluding hydrogens is 321 g/mol. The van der Waals surface area contributed by atoms with E-state index >= 15 is 0 Å². The molecule has 0 aromatic heterocycles. The Labute approximate surface area is 151 Å². The summed E-state index contributed by atoms with van der Waals surface area (Å²) < 4.78 is 20.9. The Bertz CT molecular complexity index is 333. The first-order chi connectivity index (χ1) is 11.3. The second-order valence-corrected chi connectivity index (χ2v) is 8.99. The maximum atomic E-state index is 6.66. The van der Waals surface area contributed by atoms with E-state index in [9.17, 15) is 0 Å². The van der Waals surface area contributed by atoms with Gasteiger partial charge in [-0.25, -0.2) is 0 Å². The molecule has 1 aliphatic heterocycles. The number of rotatable bonds is 11. The highest BCUT2D eigenvalue weighted by atomic mass is 31.2. The Morgan fingerprint density at radius 1 is 1.12 bits per heavy atom. The molecule has 0 aliphatic carbocycles. The predicted molar refractivity (Wildman–Crippen MR) is 104 cm³/mol. The van der Waals surface area contributed by atoms with E-state index in [4.69, 9.17) is 14.0 Å². The number of hydrogen-bond donors (Lipinski definition) is 0. The molecule has 1 fully saturated rings. The van der Waals surface area contributed by atoms with Crippen molar-refractivity contribution in [3.63, 3.8) is 0 Å². The highest BCUT2D eigenvalue weighted by Crippen LogP contribution is 2.47. The van der Waals surface area contributed by atoms with Crippen LogP contribution in [0.3, 0.4) is 0 Å². The van der Waals surface area contributed by atoms with Crippen LogP contribution in [0.2, 0.25) is 0 Å². The molecular formula is C19H40NO3P. The first kappa shape index (κ1) is 22.3. The van der Waals surface area contributed by atoms with Gasteiger partial charge < -0.3 is 14.0 Å². The smallest absolute Gasteiger partial charge is 0.102 e. The topological polar surface area (TPSA) is 30.9 Å². The van der Waals surface area contributed by atoms with Gasteiger partial charge in [-0.15, -0.1) is 0 Å². The zero-order chi connectivity index (χ0) is 18.3. The first-order valence-corrected chi connectivity index (χ1v) is 11.4. The standard InChI is InChI=1S/C19H40NO3P/c1-9-18-19(23-24(8)20(14(3)4)15(5)6)17(16(7)22-18)12-11-13-21-10-2/h14-19H,9-13H2,1-8H3/t16-,17?,18+,19?,24?/m0/s1. The van der Waals surface area contributed by atoms with Gasteiger partial charge in [-0.1, -0.05) is 6.92 Å². The summed E-state index contributed by atoms with van der Waals surface area (Å²) in [4.78, 5) is 0. The van der Waals surface area contributed by atoms with Gasteiger partial charge in [0, 0.05) is 31.2 Å². The molecule has 1 rings (SSSR count). The van der Waals surface area contributed by atoms with Gasteiger partial charge in [0.1, 0.15) is 8.30 Å². The Kier molecular flexibility index (Phi) is 10.3. The molecule has 4 nitrogen and oxygen atoms in total. The van der Waals surface area contributed by atoms with Gasteiger partial charge in [0.2, 0.25) is 0 Å². The molecule has 0 bridgehead atoms. The molecule has 0 spiro atoms. The molecule has 0 radical (unpaired) electrons. The highest BCUT2D eigenvalue weighted by molar-refractivity contribution is 7.49. The van der Waals surface area contributed by atoms with Crippen LogP contribution in [0.4, 0.5) is 0 Å². The maximum Gasteiger partial charge on any atom is 0.102 e. The van der Waals surface area contributed by atoms with Crippen LogP contribution in [0.25, 0.3) is 0 Å². The zero-order valence-electron chi connectivity index (χ0n) is 17.1. The summed E-state index contributed by atoms with van der Waals surface area (Å²) in [5.74, 6) is 0.474. The van der Waals surface area contributed by atoms with Crippen LogP contribution in [-0.4, -0.2) is 54.9 Å². The molecule has 1 saturated heterocycles. The van der Waals surface area contributed by atoms with E-state index in [1.165, 1.54) is 0 Å². The van der Waals surface area contributed by atoms with Crippen molar-refractivity contribution in [2.45, 2.75) is 98.1 Å². The molecule has 1 heterocycles. The maximum absolute atomic E-state index is 6.66. The second-order valence-electron chi connectivity index (χ2n) is 7.39. The van der Waals surface area contributed by atoms with Crippen LogP contribution in [-0.2, 0) is 14.0 Å². The number of hydrogen-bond acceptors (Lipinski definition) is 4. The average molecular weight is 362 g/mol. The zero-order valence-corrected chi connectivity index (χ0v) is 18.0. The van der Waals surface area contributed by atoms with Crippen LogP contribution in [0, 0.1) is 5.92 Å². The van der Waals surface area contributed by atoms with Crippen LogP contribution in [0.1, 0.15) is 67.7 Å². The van der Waals surface area contributed by atoms with Crippen molar-refractivity contribution < 1.29 is 14.0 Å². The van der Waals surface area contributed by atoms with E-state index in [1.54, 1.807) is 0 Å². The molecule has 5 atom stereocenters. The minimum atomic E-state index is -0.612. The van der Waals surface area contributed by atoms with E-state index in [0.717, 1.165) is 32.5 Å². The van der Waals surface area contributed by atoms with Gasteiger partial charge in [-0.3, -0.25) is 4.67 Å². The van der Waals surface area contributed by atoms with E-state index in [-0.39, 0.29) is 18.3 Å². The van der Waals surface area contributed by atoms with Crippen molar-refractivity contribution in [2.75, 3.05) is 19.9 Å². The molecule has 3 unspecified atom stereocenters. The summed E-state index contributed by atoms with van der Waals surface area (Å²) in [5, 5.41) is 0. The normalized spacial score (nSPS) is 29.1. The second kappa shape index (κ2) is 11.1. The van der Waals surface area contributed by atoms with Crippen molar-refractivity contribution in [3.05, 3.63) is 0 Å². The fourth-order valence-corrected chi connectivity index (χ4v) is 5.97. The predicted octanol–water partition coefficient (Wildman–Crippen LogP) is 5.06. The lowest BCUT2D eigenvalue weighted by molar-refractivity contribution is 0.0217. The average Bonchev–Trinajstić information content (AvgIpc) is 2.78. The summed E-state index contributed by atoms with van der Waals surface area (Å²) in [6.45, 7) is 19.4. The summed E-state index contributed by atoms with van der Waals surface area (Å²) in [7, 11) is -0.612. The molecule has 5 heteroatoms. The number of nitrogens with zero attached hydrogens (tertiary/aromatic N) is 1. The summed E-state index contributed by atoms with van der Waals surface area (Å²) in [5.41, 5.74) is 0. The third-order valence-electron chi connectivity index (χ3n) is 4.87. The van der Waals surface area contributed by atoms with Crippen LogP contribution < -0.4 is 0 Å². The third-order valence-corrected chi connectivity index (χ3v) is 6.99. The van der Waals surface area contributed by atoms with E-state index in [0.29, 0.717) is 18.0 Å². The van der Waals surface area contributed by atoms with E-state index in [2.05, 4.69) is 59.8 Å². The molecule has 0 saturated carbocycles. The molecule has 0 aromatic carbocycles. The van der Waals surface area contributed by atoms with Gasteiger partial charge in [-0.05, 0) is 67.5 Å². The van der Waals surface area contributed by atoms with Gasteiger partial charge in [0.25, 0.3) is 0 Å². The monoisotopic (exact) mass is 361 g/mol. The van der Waals surface area contributed by atoms with Gasteiger partial charge in [0.15, 0.2) is 0 Å². The molecule has 24 heavy (non-hydrogen) atoms. The van der Waals surface area contributed by atoms with Crippen molar-refractivity contribution in [1.29, 1.82) is 0 Å². The number of ether oxygens (including phenoxy) is 2. The summed E-state index contributed by atoms with van der Waals surface area (Å²) >= 11 is 0. The van der Waals surface area contributed by atoms with E-state index < -0.39 is 8.30 Å². The quantitative estimate of drug-likeness (QED) is 0.380. The van der Waals surface area contributed by atoms with Gasteiger partial charge in [-0.2, -0.15) is 0 Å². The molecule has 144 valence electrons. The lowest BCUT2D eigenvalue weighted by atomic mass is 9.91. The molecule has 0 N–H and O–H groups in total. The summed E-state index contributed by atoms with van der Waals surface area (Å²) in [6.07, 6.45) is 3.93. The van der Waals surface area contributed by atoms with E-state index in [1.807, 2.05) is 0 Å². The highest BCUT2D eigenvalue weighted by Gasteiger charge is 2.43. The van der Waals surface area contributed by atoms with Crippen LogP contribution in [0.15, 0.2) is 0 Å². The Morgan fingerprint density at radius 3 is 2.25 bits per heavy atom. The lowest BCUT2D eigenvalue weighted by Gasteiger charge is -2.38. The third kappa shape index (κ3) is 6.21. The SMILES string of the molecule is CCOCCCC1C(OP(C)N(C(C)C)C(C)C)[C@@H](CC)O[C@H]1C. The Morgan fingerprint density at radius 2 is 1.75 bits per heavy atom. The molecule has 1 aliphatic rings. The summed E-state index contributed by atoms with van der Waals surface area (Å²) in [6, 6.07) is 0.995. The minimum Gasteiger partial charge on any atom is -0.382 e. The molecule has 0 amide bonds. The van der Waals surface area contributed by atoms with Crippen LogP contribution in [0.5, 0.6) is 0 Å². The molecule has 0 aromatic rings. The fraction of sp³-hybridized carbons (Fsp3) is 1.00. The minimum absolute atomic E-state index is 0.211. The fourth-order valence-electron chi connectivity index (χ4n) is 3.91. The Balaban J connectivity index is 2.73. The van der Waals surface area contributed by atoms with Crippen molar-refractivity contribution in [2.24, 2.45) is 5.92 Å². The Hall–Kier alpha value is 0.270. The van der Waals surface area contributed by atoms with Crippen molar-refractivity contribution in [1.82, 2.24) is 4.67 Å². The van der Waals surface area contributed by atoms with Crippen molar-refractivity contribution in [3.8, 4) is 0 Å². The van der Waals surface area contributed by atoms with Crippen LogP contribution >= 0.6 is 8.30 Å². The lowest BCUT2D eigenvalue weighted by Crippen LogP contribution is -2.36. The van der Waals surface area contributed by atoms with Gasteiger partial charge >= 0.3 is 0 Å². The first-order valence-electron chi connectivity index (χ1n) is 9.75. The van der Waals surface area contributed by atoms with Crippen molar-refractivity contribution >= 4 is 8.30 Å².